The molecule has 0 spiro atoms. The molecule has 11 nitrogen and oxygen atoms in total. The Labute approximate surface area is 265 Å². The minimum Gasteiger partial charge on any atom is -0.493 e. The standard InChI is InChI=1S/C35H34N4O7/c1-22-4-7-25(8-5-22)39-34(41)28(21-38(35(39)42)20-23-11-14-45-15-12-23)30(40)16-24-6-9-26(19-37-24)46-31-10-13-36-29-18-33(44-3)32(43-2)17-27(29)31/h4-10,13,17-19,21,23H,11-12,14-16,20H2,1-3H3. The molecule has 4 heterocycles. The second kappa shape index (κ2) is 13.4. The van der Waals surface area contributed by atoms with E-state index >= 15 is 0 Å². The second-order valence-corrected chi connectivity index (χ2v) is 11.2. The van der Waals surface area contributed by atoms with Crippen molar-refractivity contribution in [3.8, 4) is 28.7 Å². The lowest BCUT2D eigenvalue weighted by Crippen LogP contribution is -2.42. The number of methoxy groups -OCH3 is 2. The zero-order valence-electron chi connectivity index (χ0n) is 25.9. The molecule has 1 fully saturated rings. The van der Waals surface area contributed by atoms with E-state index in [-0.39, 0.29) is 17.9 Å². The average Bonchev–Trinajstić information content (AvgIpc) is 3.07. The van der Waals surface area contributed by atoms with Gasteiger partial charge in [-0.1, -0.05) is 17.7 Å². The fourth-order valence-electron chi connectivity index (χ4n) is 5.55. The smallest absolute Gasteiger partial charge is 0.335 e. The number of ketones is 1. The third-order valence-electron chi connectivity index (χ3n) is 8.12. The van der Waals surface area contributed by atoms with Gasteiger partial charge in [0.2, 0.25) is 0 Å². The summed E-state index contributed by atoms with van der Waals surface area (Å²) in [5.41, 5.74) is 1.32. The maximum absolute atomic E-state index is 13.6. The zero-order chi connectivity index (χ0) is 32.2. The van der Waals surface area contributed by atoms with Crippen LogP contribution in [0.5, 0.6) is 23.0 Å². The molecule has 1 aliphatic rings. The lowest BCUT2D eigenvalue weighted by molar-refractivity contribution is 0.0607. The molecule has 11 heteroatoms. The van der Waals surface area contributed by atoms with Crippen LogP contribution in [0.3, 0.4) is 0 Å². The molecule has 2 aromatic carbocycles. The zero-order valence-corrected chi connectivity index (χ0v) is 25.9. The molecule has 0 N–H and O–H groups in total. The molecular weight excluding hydrogens is 588 g/mol. The predicted octanol–water partition coefficient (Wildman–Crippen LogP) is 4.91. The predicted molar refractivity (Wildman–Crippen MR) is 172 cm³/mol. The van der Waals surface area contributed by atoms with Gasteiger partial charge in [0.1, 0.15) is 17.1 Å². The first-order valence-corrected chi connectivity index (χ1v) is 15.0. The van der Waals surface area contributed by atoms with Crippen LogP contribution in [-0.2, 0) is 17.7 Å². The van der Waals surface area contributed by atoms with Gasteiger partial charge in [0.05, 0.1) is 38.0 Å². The molecule has 0 atom stereocenters. The van der Waals surface area contributed by atoms with Crippen molar-refractivity contribution >= 4 is 16.7 Å². The van der Waals surface area contributed by atoms with E-state index < -0.39 is 17.0 Å². The summed E-state index contributed by atoms with van der Waals surface area (Å²) in [5, 5.41) is 0.722. The van der Waals surface area contributed by atoms with Crippen LogP contribution < -0.4 is 25.5 Å². The monoisotopic (exact) mass is 622 g/mol. The molecule has 1 saturated heterocycles. The van der Waals surface area contributed by atoms with Crippen molar-refractivity contribution in [2.45, 2.75) is 32.7 Å². The first kappa shape index (κ1) is 30.7. The number of hydrogen-bond donors (Lipinski definition) is 0. The summed E-state index contributed by atoms with van der Waals surface area (Å²) in [5.74, 6) is 1.85. The Morgan fingerprint density at radius 1 is 0.935 bits per heavy atom. The minimum absolute atomic E-state index is 0.0676. The van der Waals surface area contributed by atoms with E-state index in [9.17, 15) is 14.4 Å². The number of carbonyl (C=O) groups excluding carboxylic acids is 1. The first-order chi connectivity index (χ1) is 22.3. The van der Waals surface area contributed by atoms with E-state index in [4.69, 9.17) is 18.9 Å². The van der Waals surface area contributed by atoms with Gasteiger partial charge in [0, 0.05) is 49.3 Å². The topological polar surface area (TPSA) is 124 Å². The summed E-state index contributed by atoms with van der Waals surface area (Å²) >= 11 is 0. The highest BCUT2D eigenvalue weighted by Gasteiger charge is 2.22. The summed E-state index contributed by atoms with van der Waals surface area (Å²) < 4.78 is 25.0. The number of ether oxygens (including phenoxy) is 4. The number of rotatable bonds is 10. The molecule has 5 aromatic rings. The Morgan fingerprint density at radius 2 is 1.67 bits per heavy atom. The Balaban J connectivity index is 1.27. The molecule has 0 bridgehead atoms. The fraction of sp³-hybridized carbons (Fsp3) is 0.286. The quantitative estimate of drug-likeness (QED) is 0.200. The fourth-order valence-corrected chi connectivity index (χ4v) is 5.55. The van der Waals surface area contributed by atoms with Gasteiger partial charge in [-0.2, -0.15) is 0 Å². The minimum atomic E-state index is -0.654. The lowest BCUT2D eigenvalue weighted by atomic mass is 10.0. The SMILES string of the molecule is COc1cc2nccc(Oc3ccc(CC(=O)c4cn(CC5CCOCC5)c(=O)n(-c5ccc(C)cc5)c4=O)nc3)c2cc1OC. The number of aromatic nitrogens is 4. The molecule has 0 saturated carbocycles. The first-order valence-electron chi connectivity index (χ1n) is 15.0. The van der Waals surface area contributed by atoms with Crippen LogP contribution in [0.15, 0.2) is 82.8 Å². The maximum Gasteiger partial charge on any atom is 0.335 e. The molecule has 0 amide bonds. The van der Waals surface area contributed by atoms with Gasteiger partial charge in [0.15, 0.2) is 17.3 Å². The van der Waals surface area contributed by atoms with E-state index in [1.54, 1.807) is 62.9 Å². The van der Waals surface area contributed by atoms with E-state index in [0.29, 0.717) is 59.7 Å². The normalized spacial score (nSPS) is 13.5. The Kier molecular flexibility index (Phi) is 8.93. The lowest BCUT2D eigenvalue weighted by Gasteiger charge is -2.23. The molecule has 0 aliphatic carbocycles. The van der Waals surface area contributed by atoms with Gasteiger partial charge in [-0.25, -0.2) is 9.36 Å². The van der Waals surface area contributed by atoms with Crippen LogP contribution in [0.25, 0.3) is 16.6 Å². The summed E-state index contributed by atoms with van der Waals surface area (Å²) in [4.78, 5) is 49.7. The highest BCUT2D eigenvalue weighted by atomic mass is 16.5. The van der Waals surface area contributed by atoms with Crippen LogP contribution in [0, 0.1) is 12.8 Å². The van der Waals surface area contributed by atoms with Crippen molar-refractivity contribution in [3.63, 3.8) is 0 Å². The number of hydrogen-bond acceptors (Lipinski definition) is 9. The molecule has 46 heavy (non-hydrogen) atoms. The van der Waals surface area contributed by atoms with Gasteiger partial charge >= 0.3 is 5.69 Å². The van der Waals surface area contributed by atoms with E-state index in [1.165, 1.54) is 17.0 Å². The van der Waals surface area contributed by atoms with Crippen LogP contribution in [0.2, 0.25) is 0 Å². The van der Waals surface area contributed by atoms with Crippen LogP contribution in [-0.4, -0.2) is 52.3 Å². The van der Waals surface area contributed by atoms with Crippen LogP contribution >= 0.6 is 0 Å². The number of pyridine rings is 2. The van der Waals surface area contributed by atoms with Crippen molar-refractivity contribution in [2.75, 3.05) is 27.4 Å². The maximum atomic E-state index is 13.6. The highest BCUT2D eigenvalue weighted by molar-refractivity contribution is 5.96. The van der Waals surface area contributed by atoms with E-state index in [1.807, 2.05) is 19.1 Å². The molecule has 1 aliphatic heterocycles. The van der Waals surface area contributed by atoms with Gasteiger partial charge < -0.3 is 18.9 Å². The second-order valence-electron chi connectivity index (χ2n) is 11.2. The summed E-state index contributed by atoms with van der Waals surface area (Å²) in [6.07, 6.45) is 6.03. The largest absolute Gasteiger partial charge is 0.493 e. The number of Topliss-reactive ketones (excluding diaryl/α,β-unsaturated/α-hetero) is 1. The number of benzene rings is 2. The van der Waals surface area contributed by atoms with Gasteiger partial charge in [-0.05, 0) is 62.1 Å². The van der Waals surface area contributed by atoms with E-state index in [2.05, 4.69) is 9.97 Å². The Hall–Kier alpha value is -5.29. The summed E-state index contributed by atoms with van der Waals surface area (Å²) in [7, 11) is 3.12. The van der Waals surface area contributed by atoms with Crippen molar-refractivity contribution in [1.82, 2.24) is 19.1 Å². The Morgan fingerprint density at radius 3 is 2.37 bits per heavy atom. The molecule has 0 radical (unpaired) electrons. The highest BCUT2D eigenvalue weighted by Crippen LogP contribution is 2.36. The molecule has 3 aromatic heterocycles. The average molecular weight is 623 g/mol. The molecule has 0 unspecified atom stereocenters. The Bertz CT molecular complexity index is 1990. The summed E-state index contributed by atoms with van der Waals surface area (Å²) in [6, 6.07) is 15.8. The van der Waals surface area contributed by atoms with Crippen LogP contribution in [0.1, 0.15) is 34.5 Å². The van der Waals surface area contributed by atoms with Crippen molar-refractivity contribution in [2.24, 2.45) is 5.92 Å². The van der Waals surface area contributed by atoms with Crippen molar-refractivity contribution < 1.29 is 23.7 Å². The van der Waals surface area contributed by atoms with Crippen LogP contribution in [0.4, 0.5) is 0 Å². The summed E-state index contributed by atoms with van der Waals surface area (Å²) in [6.45, 7) is 3.55. The third-order valence-corrected chi connectivity index (χ3v) is 8.12. The number of nitrogens with zero attached hydrogens (tertiary/aromatic N) is 4. The number of carbonyl (C=O) groups is 1. The molecular formula is C35H34N4O7. The van der Waals surface area contributed by atoms with Gasteiger partial charge in [-0.15, -0.1) is 0 Å². The third kappa shape index (κ3) is 6.40. The number of fused-ring (bicyclic) bond motifs is 1. The van der Waals surface area contributed by atoms with Crippen molar-refractivity contribution in [1.29, 1.82) is 0 Å². The van der Waals surface area contributed by atoms with Gasteiger partial charge in [-0.3, -0.25) is 24.1 Å². The van der Waals surface area contributed by atoms with E-state index in [0.717, 1.165) is 28.4 Å². The molecule has 6 rings (SSSR count). The number of aryl methyl sites for hydroxylation is 1. The van der Waals surface area contributed by atoms with Crippen molar-refractivity contribution in [3.05, 3.63) is 111 Å². The molecule has 236 valence electrons. The van der Waals surface area contributed by atoms with Gasteiger partial charge in [0.25, 0.3) is 5.56 Å².